The van der Waals surface area contributed by atoms with Crippen LogP contribution in [-0.2, 0) is 26.3 Å². The number of imide groups is 1. The maximum Gasteiger partial charge on any atom is 0.241 e. The van der Waals surface area contributed by atoms with Gasteiger partial charge in [-0.3, -0.25) is 24.3 Å². The van der Waals surface area contributed by atoms with Gasteiger partial charge in [-0.2, -0.15) is 0 Å². The van der Waals surface area contributed by atoms with E-state index >= 15 is 0 Å². The number of phenolic OH excluding ortho intramolecular Hbond substituents is 1. The summed E-state index contributed by atoms with van der Waals surface area (Å²) >= 11 is 0. The number of aryl methyl sites for hydroxylation is 1. The van der Waals surface area contributed by atoms with Gasteiger partial charge >= 0.3 is 0 Å². The van der Waals surface area contributed by atoms with Crippen molar-refractivity contribution in [2.75, 3.05) is 31.1 Å². The molecule has 2 fully saturated rings. The molecular formula is C29H30N4O4. The lowest BCUT2D eigenvalue weighted by atomic mass is 9.74. The number of hydrogen-bond acceptors (Lipinski definition) is 6. The van der Waals surface area contributed by atoms with Gasteiger partial charge in [-0.1, -0.05) is 36.4 Å². The maximum atomic E-state index is 14.0. The topological polar surface area (TPSA) is 94.1 Å². The SMILES string of the molecule is Cc1ccccc1[C@]1(CC(=O)N2CCN(c3ccccc3O)CC2)CC(=O)N(Cc2ccncc2)C1=O. The van der Waals surface area contributed by atoms with Crippen molar-refractivity contribution >= 4 is 23.4 Å². The first kappa shape index (κ1) is 24.5. The molecule has 37 heavy (non-hydrogen) atoms. The highest BCUT2D eigenvalue weighted by molar-refractivity contribution is 6.10. The lowest BCUT2D eigenvalue weighted by Crippen LogP contribution is -2.51. The number of phenols is 1. The van der Waals surface area contributed by atoms with Gasteiger partial charge < -0.3 is 14.9 Å². The Kier molecular flexibility index (Phi) is 6.65. The molecule has 0 spiro atoms. The van der Waals surface area contributed by atoms with Crippen molar-refractivity contribution < 1.29 is 19.5 Å². The van der Waals surface area contributed by atoms with E-state index in [4.69, 9.17) is 0 Å². The molecule has 190 valence electrons. The molecule has 8 heteroatoms. The highest BCUT2D eigenvalue weighted by Gasteiger charge is 2.54. The number of anilines is 1. The lowest BCUT2D eigenvalue weighted by molar-refractivity contribution is -0.143. The molecule has 3 heterocycles. The molecule has 2 saturated heterocycles. The molecule has 0 unspecified atom stereocenters. The number of pyridine rings is 1. The molecule has 2 aliphatic heterocycles. The second-order valence-corrected chi connectivity index (χ2v) is 9.75. The Balaban J connectivity index is 1.38. The van der Waals surface area contributed by atoms with Crippen molar-refractivity contribution in [3.63, 3.8) is 0 Å². The number of hydrogen-bond donors (Lipinski definition) is 1. The second-order valence-electron chi connectivity index (χ2n) is 9.75. The van der Waals surface area contributed by atoms with Crippen LogP contribution in [0, 0.1) is 6.92 Å². The molecule has 0 aliphatic carbocycles. The van der Waals surface area contributed by atoms with Crippen LogP contribution in [0.5, 0.6) is 5.75 Å². The molecule has 8 nitrogen and oxygen atoms in total. The number of piperazine rings is 1. The number of aromatic hydroxyl groups is 1. The molecule has 2 aromatic carbocycles. The summed E-state index contributed by atoms with van der Waals surface area (Å²) in [4.78, 5) is 49.9. The van der Waals surface area contributed by atoms with Crippen molar-refractivity contribution in [2.45, 2.75) is 31.7 Å². The summed E-state index contributed by atoms with van der Waals surface area (Å²) in [7, 11) is 0. The van der Waals surface area contributed by atoms with Crippen LogP contribution in [0.2, 0.25) is 0 Å². The van der Waals surface area contributed by atoms with E-state index in [0.717, 1.165) is 22.4 Å². The number of amides is 3. The van der Waals surface area contributed by atoms with Gasteiger partial charge in [-0.05, 0) is 47.9 Å². The summed E-state index contributed by atoms with van der Waals surface area (Å²) in [5, 5.41) is 10.2. The smallest absolute Gasteiger partial charge is 0.241 e. The minimum Gasteiger partial charge on any atom is -0.506 e. The van der Waals surface area contributed by atoms with Gasteiger partial charge in [0.25, 0.3) is 0 Å². The molecule has 2 aliphatic rings. The van der Waals surface area contributed by atoms with Gasteiger partial charge in [0.1, 0.15) is 5.75 Å². The van der Waals surface area contributed by atoms with Crippen LogP contribution in [0.4, 0.5) is 5.69 Å². The van der Waals surface area contributed by atoms with E-state index in [2.05, 4.69) is 9.88 Å². The van der Waals surface area contributed by atoms with Crippen molar-refractivity contribution in [2.24, 2.45) is 0 Å². The zero-order valence-corrected chi connectivity index (χ0v) is 20.8. The highest BCUT2D eigenvalue weighted by atomic mass is 16.3. The van der Waals surface area contributed by atoms with E-state index in [0.29, 0.717) is 26.2 Å². The standard InChI is InChI=1S/C29H30N4O4/c1-21-6-2-3-7-23(21)29(19-27(36)33(28(29)37)20-22-10-12-30-13-11-22)18-26(35)32-16-14-31(15-17-32)24-8-4-5-9-25(24)34/h2-13,34H,14-20H2,1H3/t29-/m0/s1. The largest absolute Gasteiger partial charge is 0.506 e. The number of aromatic nitrogens is 1. The monoisotopic (exact) mass is 498 g/mol. The predicted molar refractivity (Wildman–Crippen MR) is 139 cm³/mol. The summed E-state index contributed by atoms with van der Waals surface area (Å²) in [5.74, 6) is -0.538. The lowest BCUT2D eigenvalue weighted by Gasteiger charge is -2.38. The molecule has 1 N–H and O–H groups in total. The summed E-state index contributed by atoms with van der Waals surface area (Å²) in [6, 6.07) is 18.2. The van der Waals surface area contributed by atoms with E-state index in [1.807, 2.05) is 43.3 Å². The van der Waals surface area contributed by atoms with E-state index < -0.39 is 5.41 Å². The number of benzene rings is 2. The van der Waals surface area contributed by atoms with Crippen LogP contribution in [0.25, 0.3) is 0 Å². The fraction of sp³-hybridized carbons (Fsp3) is 0.310. The van der Waals surface area contributed by atoms with Crippen LogP contribution in [-0.4, -0.2) is 63.8 Å². The van der Waals surface area contributed by atoms with Crippen LogP contribution in [0.1, 0.15) is 29.5 Å². The van der Waals surface area contributed by atoms with Crippen molar-refractivity contribution in [1.82, 2.24) is 14.8 Å². The zero-order chi connectivity index (χ0) is 26.0. The number of para-hydroxylation sites is 2. The molecule has 5 rings (SSSR count). The Morgan fingerprint density at radius 3 is 2.32 bits per heavy atom. The second kappa shape index (κ2) is 10.0. The number of rotatable bonds is 6. The Hall–Kier alpha value is -4.20. The maximum absolute atomic E-state index is 14.0. The molecule has 3 aromatic rings. The third-order valence-corrected chi connectivity index (χ3v) is 7.47. The van der Waals surface area contributed by atoms with Crippen molar-refractivity contribution in [1.29, 1.82) is 0 Å². The van der Waals surface area contributed by atoms with Crippen LogP contribution < -0.4 is 4.90 Å². The van der Waals surface area contributed by atoms with Gasteiger partial charge in [0.2, 0.25) is 17.7 Å². The molecule has 1 atom stereocenters. The molecule has 0 radical (unpaired) electrons. The zero-order valence-electron chi connectivity index (χ0n) is 20.8. The van der Waals surface area contributed by atoms with Gasteiger partial charge in [0.05, 0.1) is 17.6 Å². The van der Waals surface area contributed by atoms with E-state index in [1.165, 1.54) is 4.90 Å². The van der Waals surface area contributed by atoms with Crippen LogP contribution in [0.3, 0.4) is 0 Å². The van der Waals surface area contributed by atoms with Crippen LogP contribution in [0.15, 0.2) is 73.1 Å². The minimum absolute atomic E-state index is 0.0363. The fourth-order valence-corrected chi connectivity index (χ4v) is 5.48. The molecule has 1 aromatic heterocycles. The van der Waals surface area contributed by atoms with Crippen LogP contribution >= 0.6 is 0 Å². The Morgan fingerprint density at radius 2 is 1.62 bits per heavy atom. The average Bonchev–Trinajstić information content (AvgIpc) is 3.14. The Labute approximate surface area is 216 Å². The van der Waals surface area contributed by atoms with Crippen molar-refractivity contribution in [3.8, 4) is 5.75 Å². The highest BCUT2D eigenvalue weighted by Crippen LogP contribution is 2.42. The first-order valence-corrected chi connectivity index (χ1v) is 12.5. The van der Waals surface area contributed by atoms with E-state index in [1.54, 1.807) is 41.6 Å². The summed E-state index contributed by atoms with van der Waals surface area (Å²) in [6.45, 7) is 4.15. The van der Waals surface area contributed by atoms with Crippen molar-refractivity contribution in [3.05, 3.63) is 89.7 Å². The summed E-state index contributed by atoms with van der Waals surface area (Å²) in [6.07, 6.45) is 3.16. The van der Waals surface area contributed by atoms with E-state index in [-0.39, 0.29) is 42.9 Å². The normalized spacial score (nSPS) is 20.0. The first-order valence-electron chi connectivity index (χ1n) is 12.5. The third kappa shape index (κ3) is 4.67. The Morgan fingerprint density at radius 1 is 0.946 bits per heavy atom. The number of nitrogens with zero attached hydrogens (tertiary/aromatic N) is 4. The van der Waals surface area contributed by atoms with E-state index in [9.17, 15) is 19.5 Å². The number of likely N-dealkylation sites (tertiary alicyclic amines) is 1. The van der Waals surface area contributed by atoms with Gasteiger partial charge in [-0.15, -0.1) is 0 Å². The summed E-state index contributed by atoms with van der Waals surface area (Å²) in [5.41, 5.74) is 1.93. The molecule has 0 saturated carbocycles. The number of carbonyl (C=O) groups is 3. The van der Waals surface area contributed by atoms with Gasteiger partial charge in [-0.25, -0.2) is 0 Å². The quantitative estimate of drug-likeness (QED) is 0.525. The molecule has 3 amide bonds. The fourth-order valence-electron chi connectivity index (χ4n) is 5.48. The predicted octanol–water partition coefficient (Wildman–Crippen LogP) is 3.03. The first-order chi connectivity index (χ1) is 17.9. The Bertz CT molecular complexity index is 1320. The molecule has 0 bridgehead atoms. The number of carbonyl (C=O) groups excluding carboxylic acids is 3. The minimum atomic E-state index is -1.23. The van der Waals surface area contributed by atoms with Gasteiger partial charge in [0.15, 0.2) is 0 Å². The third-order valence-electron chi connectivity index (χ3n) is 7.47. The van der Waals surface area contributed by atoms with Gasteiger partial charge in [0, 0.05) is 51.4 Å². The summed E-state index contributed by atoms with van der Waals surface area (Å²) < 4.78 is 0. The molecular weight excluding hydrogens is 468 g/mol. The average molecular weight is 499 g/mol.